The number of hydrogen-bond acceptors (Lipinski definition) is 6. The van der Waals surface area contributed by atoms with Crippen LogP contribution in [0, 0.1) is 5.82 Å². The molecule has 5 rings (SSSR count). The molecule has 35 heavy (non-hydrogen) atoms. The fourth-order valence-corrected chi connectivity index (χ4v) is 5.15. The second-order valence-corrected chi connectivity index (χ2v) is 9.29. The molecule has 2 aromatic rings. The van der Waals surface area contributed by atoms with Crippen LogP contribution in [0.2, 0.25) is 0 Å². The van der Waals surface area contributed by atoms with Gasteiger partial charge in [-0.1, -0.05) is 12.1 Å². The quantitative estimate of drug-likeness (QED) is 0.637. The Balaban J connectivity index is 1.21. The Labute approximate surface area is 203 Å². The minimum Gasteiger partial charge on any atom is -0.497 e. The lowest BCUT2D eigenvalue weighted by Gasteiger charge is -2.36. The van der Waals surface area contributed by atoms with E-state index in [0.29, 0.717) is 24.3 Å². The molecule has 0 spiro atoms. The molecule has 1 N–H and O–H groups in total. The molecular formula is C26H29FN4O4. The molecule has 8 nitrogen and oxygen atoms in total. The van der Waals surface area contributed by atoms with Gasteiger partial charge >= 0.3 is 0 Å². The van der Waals surface area contributed by atoms with Crippen LogP contribution >= 0.6 is 0 Å². The second-order valence-electron chi connectivity index (χ2n) is 9.29. The summed E-state index contributed by atoms with van der Waals surface area (Å²) in [7, 11) is 1.67. The van der Waals surface area contributed by atoms with Crippen molar-refractivity contribution < 1.29 is 23.5 Å². The molecule has 9 heteroatoms. The molecule has 3 aliphatic rings. The van der Waals surface area contributed by atoms with Crippen molar-refractivity contribution in [3.05, 3.63) is 58.9 Å². The van der Waals surface area contributed by atoms with Gasteiger partial charge in [0.25, 0.3) is 5.91 Å². The van der Waals surface area contributed by atoms with E-state index in [1.54, 1.807) is 13.2 Å². The lowest BCUT2D eigenvalue weighted by molar-refractivity contribution is -0.136. The van der Waals surface area contributed by atoms with E-state index in [1.807, 2.05) is 17.0 Å². The lowest BCUT2D eigenvalue weighted by Crippen LogP contribution is -2.52. The smallest absolute Gasteiger partial charge is 0.255 e. The Morgan fingerprint density at radius 2 is 1.89 bits per heavy atom. The van der Waals surface area contributed by atoms with Gasteiger partial charge < -0.3 is 14.5 Å². The SMILES string of the molecule is COc1cccc(CCN2CCN(c3cc4c(cc3F)C(=O)N(C3CCC(=O)NC3=O)C4)CC2)c1. The van der Waals surface area contributed by atoms with Crippen LogP contribution in [0.5, 0.6) is 5.75 Å². The molecule has 3 amide bonds. The van der Waals surface area contributed by atoms with Crippen LogP contribution in [0.25, 0.3) is 0 Å². The number of carbonyl (C=O) groups is 3. The molecule has 3 aliphatic heterocycles. The molecule has 2 saturated heterocycles. The largest absolute Gasteiger partial charge is 0.497 e. The van der Waals surface area contributed by atoms with Crippen molar-refractivity contribution in [3.63, 3.8) is 0 Å². The number of anilines is 1. The monoisotopic (exact) mass is 480 g/mol. The van der Waals surface area contributed by atoms with Crippen LogP contribution in [0.15, 0.2) is 36.4 Å². The van der Waals surface area contributed by atoms with E-state index in [4.69, 9.17) is 4.74 Å². The Kier molecular flexibility index (Phi) is 6.42. The molecule has 2 fully saturated rings. The maximum Gasteiger partial charge on any atom is 0.255 e. The molecule has 1 unspecified atom stereocenters. The van der Waals surface area contributed by atoms with E-state index in [2.05, 4.69) is 22.3 Å². The van der Waals surface area contributed by atoms with E-state index in [1.165, 1.54) is 16.5 Å². The van der Waals surface area contributed by atoms with Gasteiger partial charge in [0.1, 0.15) is 17.6 Å². The summed E-state index contributed by atoms with van der Waals surface area (Å²) in [6.45, 7) is 4.19. The fraction of sp³-hybridized carbons (Fsp3) is 0.423. The highest BCUT2D eigenvalue weighted by Crippen LogP contribution is 2.33. The topological polar surface area (TPSA) is 82.2 Å². The van der Waals surface area contributed by atoms with Gasteiger partial charge in [-0.2, -0.15) is 0 Å². The van der Waals surface area contributed by atoms with Gasteiger partial charge in [0, 0.05) is 51.3 Å². The number of halogens is 1. The molecule has 0 aliphatic carbocycles. The summed E-state index contributed by atoms with van der Waals surface area (Å²) in [5, 5.41) is 2.29. The van der Waals surface area contributed by atoms with Gasteiger partial charge in [-0.05, 0) is 48.2 Å². The van der Waals surface area contributed by atoms with E-state index < -0.39 is 17.8 Å². The lowest BCUT2D eigenvalue weighted by atomic mass is 10.0. The standard InChI is InChI=1S/C26H29FN4O4/c1-35-19-4-2-3-17(13-19)7-8-29-9-11-30(12-10-29)23-14-18-16-31(26(34)20(18)15-21(23)27)22-5-6-24(32)28-25(22)33/h2-4,13-15,22H,5-12,16H2,1H3,(H,28,32,33). The molecular weight excluding hydrogens is 451 g/mol. The van der Waals surface area contributed by atoms with Crippen molar-refractivity contribution in [2.45, 2.75) is 31.8 Å². The summed E-state index contributed by atoms with van der Waals surface area (Å²) in [6, 6.07) is 10.4. The maximum atomic E-state index is 15.1. The summed E-state index contributed by atoms with van der Waals surface area (Å²) < 4.78 is 20.4. The minimum atomic E-state index is -0.702. The van der Waals surface area contributed by atoms with Crippen molar-refractivity contribution in [2.75, 3.05) is 44.7 Å². The summed E-state index contributed by atoms with van der Waals surface area (Å²) in [5.41, 5.74) is 2.74. The summed E-state index contributed by atoms with van der Waals surface area (Å²) >= 11 is 0. The number of piperazine rings is 1. The first-order valence-corrected chi connectivity index (χ1v) is 12.0. The van der Waals surface area contributed by atoms with Crippen LogP contribution in [-0.4, -0.2) is 73.4 Å². The highest BCUT2D eigenvalue weighted by molar-refractivity contribution is 6.05. The van der Waals surface area contributed by atoms with E-state index in [0.717, 1.165) is 37.4 Å². The third-order valence-electron chi connectivity index (χ3n) is 7.15. The van der Waals surface area contributed by atoms with Crippen molar-refractivity contribution >= 4 is 23.4 Å². The normalized spacial score (nSPS) is 20.7. The van der Waals surface area contributed by atoms with Crippen LogP contribution in [0.3, 0.4) is 0 Å². The Hall–Kier alpha value is -3.46. The predicted molar refractivity (Wildman–Crippen MR) is 128 cm³/mol. The zero-order valence-corrected chi connectivity index (χ0v) is 19.8. The Morgan fingerprint density at radius 3 is 2.63 bits per heavy atom. The Morgan fingerprint density at radius 1 is 1.09 bits per heavy atom. The van der Waals surface area contributed by atoms with Gasteiger partial charge in [-0.25, -0.2) is 4.39 Å². The molecule has 0 saturated carbocycles. The zero-order chi connectivity index (χ0) is 24.5. The zero-order valence-electron chi connectivity index (χ0n) is 19.8. The Bertz CT molecular complexity index is 1160. The third-order valence-corrected chi connectivity index (χ3v) is 7.15. The molecule has 184 valence electrons. The number of amides is 3. The van der Waals surface area contributed by atoms with Crippen molar-refractivity contribution in [2.24, 2.45) is 0 Å². The second kappa shape index (κ2) is 9.65. The first kappa shape index (κ1) is 23.3. The van der Waals surface area contributed by atoms with E-state index in [9.17, 15) is 14.4 Å². The highest BCUT2D eigenvalue weighted by atomic mass is 19.1. The van der Waals surface area contributed by atoms with Gasteiger partial charge in [0.15, 0.2) is 0 Å². The van der Waals surface area contributed by atoms with Gasteiger partial charge in [0.05, 0.1) is 12.8 Å². The third kappa shape index (κ3) is 4.73. The molecule has 0 bridgehead atoms. The average molecular weight is 481 g/mol. The minimum absolute atomic E-state index is 0.193. The molecule has 3 heterocycles. The van der Waals surface area contributed by atoms with Crippen molar-refractivity contribution in [1.82, 2.24) is 15.1 Å². The van der Waals surface area contributed by atoms with Crippen LogP contribution in [0.1, 0.15) is 34.3 Å². The van der Waals surface area contributed by atoms with Crippen molar-refractivity contribution in [3.8, 4) is 5.75 Å². The van der Waals surface area contributed by atoms with Gasteiger partial charge in [-0.15, -0.1) is 0 Å². The molecule has 0 aromatic heterocycles. The maximum absolute atomic E-state index is 15.1. The number of methoxy groups -OCH3 is 1. The molecule has 1 atom stereocenters. The van der Waals surface area contributed by atoms with E-state index >= 15 is 4.39 Å². The van der Waals surface area contributed by atoms with Crippen LogP contribution in [0.4, 0.5) is 10.1 Å². The number of nitrogens with one attached hydrogen (secondary N) is 1. The van der Waals surface area contributed by atoms with Crippen molar-refractivity contribution in [1.29, 1.82) is 0 Å². The number of hydrogen-bond donors (Lipinski definition) is 1. The van der Waals surface area contributed by atoms with Crippen LogP contribution in [-0.2, 0) is 22.6 Å². The van der Waals surface area contributed by atoms with Gasteiger partial charge in [0.2, 0.25) is 11.8 Å². The molecule has 0 radical (unpaired) electrons. The average Bonchev–Trinajstić information content (AvgIpc) is 3.18. The number of benzene rings is 2. The number of rotatable bonds is 6. The predicted octanol–water partition coefficient (Wildman–Crippen LogP) is 1.96. The van der Waals surface area contributed by atoms with E-state index in [-0.39, 0.29) is 31.2 Å². The number of fused-ring (bicyclic) bond motifs is 1. The number of piperidine rings is 1. The number of imide groups is 1. The number of ether oxygens (including phenoxy) is 1. The first-order chi connectivity index (χ1) is 16.9. The highest BCUT2D eigenvalue weighted by Gasteiger charge is 2.39. The molecule has 2 aromatic carbocycles. The number of nitrogens with zero attached hydrogens (tertiary/aromatic N) is 3. The first-order valence-electron chi connectivity index (χ1n) is 12.0. The van der Waals surface area contributed by atoms with Gasteiger partial charge in [-0.3, -0.25) is 24.6 Å². The summed E-state index contributed by atoms with van der Waals surface area (Å²) in [4.78, 5) is 42.5. The fourth-order valence-electron chi connectivity index (χ4n) is 5.15. The summed E-state index contributed by atoms with van der Waals surface area (Å²) in [5.74, 6) is -0.719. The summed E-state index contributed by atoms with van der Waals surface area (Å²) in [6.07, 6.45) is 1.40. The van der Waals surface area contributed by atoms with Crippen LogP contribution < -0.4 is 15.0 Å². The number of carbonyl (C=O) groups excluding carboxylic acids is 3.